The maximum Gasteiger partial charge on any atom is 0.274 e. The van der Waals surface area contributed by atoms with Crippen LogP contribution in [0.15, 0.2) is 72.8 Å². The monoisotopic (exact) mass is 402 g/mol. The first-order chi connectivity index (χ1) is 14.6. The van der Waals surface area contributed by atoms with Crippen molar-refractivity contribution in [2.24, 2.45) is 0 Å². The summed E-state index contributed by atoms with van der Waals surface area (Å²) in [4.78, 5) is 27.0. The van der Waals surface area contributed by atoms with Crippen LogP contribution in [0.1, 0.15) is 27.0 Å². The molecule has 0 unspecified atom stereocenters. The van der Waals surface area contributed by atoms with Crippen molar-refractivity contribution in [3.8, 4) is 0 Å². The lowest BCUT2D eigenvalue weighted by Gasteiger charge is -2.20. The Morgan fingerprint density at radius 1 is 0.967 bits per heavy atom. The van der Waals surface area contributed by atoms with Gasteiger partial charge in [-0.3, -0.25) is 14.8 Å². The van der Waals surface area contributed by atoms with E-state index in [1.165, 1.54) is 12.1 Å². The molecular formula is C24H19FN2O3. The lowest BCUT2D eigenvalue weighted by molar-refractivity contribution is -0.113. The molecule has 3 aromatic carbocycles. The third-order valence-corrected chi connectivity index (χ3v) is 5.09. The molecule has 4 rings (SSSR count). The highest BCUT2D eigenvalue weighted by Gasteiger charge is 2.28. The average Bonchev–Trinajstić information content (AvgIpc) is 3.21. The van der Waals surface area contributed by atoms with E-state index < -0.39 is 5.91 Å². The Morgan fingerprint density at radius 2 is 1.67 bits per heavy atom. The molecule has 0 saturated heterocycles. The van der Waals surface area contributed by atoms with Gasteiger partial charge in [0.25, 0.3) is 11.8 Å². The van der Waals surface area contributed by atoms with Gasteiger partial charge >= 0.3 is 0 Å². The topological polar surface area (TPSA) is 69.6 Å². The van der Waals surface area contributed by atoms with Crippen LogP contribution in [0.25, 0.3) is 11.6 Å². The van der Waals surface area contributed by atoms with E-state index in [1.54, 1.807) is 46.8 Å². The standard InChI is InChI=1S/C24H19FN2O3/c25-20-10-8-17(9-11-20)21(14-16-4-2-1-3-5-16)24(29)27-13-12-18-6-7-19(15-22(18)27)23(28)26-30/h1-11,14-15,30H,12-13H2,(H,26,28)/b21-14-. The van der Waals surface area contributed by atoms with Crippen molar-refractivity contribution < 1.29 is 19.2 Å². The van der Waals surface area contributed by atoms with Crippen molar-refractivity contribution in [1.82, 2.24) is 5.48 Å². The van der Waals surface area contributed by atoms with E-state index in [0.29, 0.717) is 29.8 Å². The van der Waals surface area contributed by atoms with E-state index in [9.17, 15) is 14.0 Å². The number of nitrogens with zero attached hydrogens (tertiary/aromatic N) is 1. The second kappa shape index (κ2) is 8.31. The summed E-state index contributed by atoms with van der Waals surface area (Å²) in [6.07, 6.45) is 2.43. The van der Waals surface area contributed by atoms with Crippen molar-refractivity contribution in [3.63, 3.8) is 0 Å². The molecule has 0 aromatic heterocycles. The molecule has 0 fully saturated rings. The molecule has 0 radical (unpaired) electrons. The molecule has 1 aliphatic rings. The van der Waals surface area contributed by atoms with Gasteiger partial charge in [-0.15, -0.1) is 0 Å². The minimum atomic E-state index is -0.643. The van der Waals surface area contributed by atoms with Crippen molar-refractivity contribution in [2.45, 2.75) is 6.42 Å². The Bertz CT molecular complexity index is 1120. The minimum absolute atomic E-state index is 0.245. The van der Waals surface area contributed by atoms with Gasteiger partial charge in [-0.1, -0.05) is 48.5 Å². The van der Waals surface area contributed by atoms with Crippen molar-refractivity contribution in [3.05, 3.63) is 101 Å². The molecule has 1 heterocycles. The lowest BCUT2D eigenvalue weighted by Crippen LogP contribution is -2.30. The van der Waals surface area contributed by atoms with Gasteiger partial charge in [0.15, 0.2) is 0 Å². The molecule has 2 N–H and O–H groups in total. The van der Waals surface area contributed by atoms with E-state index >= 15 is 0 Å². The van der Waals surface area contributed by atoms with Crippen molar-refractivity contribution >= 4 is 29.2 Å². The summed E-state index contributed by atoms with van der Waals surface area (Å²) in [6.45, 7) is 0.464. The molecular weight excluding hydrogens is 383 g/mol. The van der Waals surface area contributed by atoms with Crippen LogP contribution >= 0.6 is 0 Å². The van der Waals surface area contributed by atoms with E-state index in [-0.39, 0.29) is 17.3 Å². The Labute approximate surface area is 173 Å². The van der Waals surface area contributed by atoms with Gasteiger partial charge < -0.3 is 4.90 Å². The second-order valence-corrected chi connectivity index (χ2v) is 6.97. The molecule has 6 heteroatoms. The smallest absolute Gasteiger partial charge is 0.274 e. The summed E-state index contributed by atoms with van der Waals surface area (Å²) >= 11 is 0. The van der Waals surface area contributed by atoms with Crippen LogP contribution in [0.2, 0.25) is 0 Å². The van der Waals surface area contributed by atoms with Gasteiger partial charge in [-0.05, 0) is 53.5 Å². The number of carbonyl (C=O) groups excluding carboxylic acids is 2. The quantitative estimate of drug-likeness (QED) is 0.299. The number of benzene rings is 3. The largest absolute Gasteiger partial charge is 0.308 e. The fourth-order valence-corrected chi connectivity index (χ4v) is 3.56. The number of hydrogen-bond acceptors (Lipinski definition) is 3. The Balaban J connectivity index is 1.76. The molecule has 1 aliphatic heterocycles. The molecule has 3 aromatic rings. The zero-order chi connectivity index (χ0) is 21.1. The molecule has 0 spiro atoms. The molecule has 0 atom stereocenters. The Morgan fingerprint density at radius 3 is 2.37 bits per heavy atom. The summed E-state index contributed by atoms with van der Waals surface area (Å²) in [5.41, 5.74) is 5.31. The molecule has 30 heavy (non-hydrogen) atoms. The van der Waals surface area contributed by atoms with Gasteiger partial charge in [-0.25, -0.2) is 9.87 Å². The maximum absolute atomic E-state index is 13.6. The zero-order valence-corrected chi connectivity index (χ0v) is 16.0. The van der Waals surface area contributed by atoms with Crippen LogP contribution in [-0.4, -0.2) is 23.6 Å². The number of nitrogens with one attached hydrogen (secondary N) is 1. The Kier molecular flexibility index (Phi) is 5.41. The number of rotatable bonds is 4. The Hall–Kier alpha value is -3.77. The summed E-state index contributed by atoms with van der Waals surface area (Å²) in [6, 6.07) is 20.2. The highest BCUT2D eigenvalue weighted by Crippen LogP contribution is 2.32. The van der Waals surface area contributed by atoms with Crippen molar-refractivity contribution in [2.75, 3.05) is 11.4 Å². The molecule has 5 nitrogen and oxygen atoms in total. The number of amides is 2. The molecule has 0 bridgehead atoms. The fraction of sp³-hybridized carbons (Fsp3) is 0.0833. The summed E-state index contributed by atoms with van der Waals surface area (Å²) in [5, 5.41) is 8.92. The number of anilines is 1. The number of fused-ring (bicyclic) bond motifs is 1. The molecule has 150 valence electrons. The van der Waals surface area contributed by atoms with Crippen LogP contribution in [0, 0.1) is 5.82 Å². The van der Waals surface area contributed by atoms with Gasteiger partial charge in [0.1, 0.15) is 5.82 Å². The lowest BCUT2D eigenvalue weighted by atomic mass is 10.0. The summed E-state index contributed by atoms with van der Waals surface area (Å²) in [5.74, 6) is -1.27. The zero-order valence-electron chi connectivity index (χ0n) is 16.0. The number of hydroxylamine groups is 1. The van der Waals surface area contributed by atoms with Crippen LogP contribution < -0.4 is 10.4 Å². The number of hydrogen-bond donors (Lipinski definition) is 2. The van der Waals surface area contributed by atoms with Crippen LogP contribution in [0.3, 0.4) is 0 Å². The van der Waals surface area contributed by atoms with Gasteiger partial charge in [0.05, 0.1) is 0 Å². The van der Waals surface area contributed by atoms with E-state index in [1.807, 2.05) is 30.3 Å². The predicted molar refractivity (Wildman–Crippen MR) is 112 cm³/mol. The number of carbonyl (C=O) groups is 2. The summed E-state index contributed by atoms with van der Waals surface area (Å²) in [7, 11) is 0. The van der Waals surface area contributed by atoms with Gasteiger partial charge in [0.2, 0.25) is 0 Å². The van der Waals surface area contributed by atoms with Crippen LogP contribution in [0.4, 0.5) is 10.1 Å². The highest BCUT2D eigenvalue weighted by molar-refractivity contribution is 6.30. The van der Waals surface area contributed by atoms with Gasteiger partial charge in [0, 0.05) is 23.4 Å². The maximum atomic E-state index is 13.6. The second-order valence-electron chi connectivity index (χ2n) is 6.97. The first kappa shape index (κ1) is 19.5. The fourth-order valence-electron chi connectivity index (χ4n) is 3.56. The minimum Gasteiger partial charge on any atom is -0.308 e. The van der Waals surface area contributed by atoms with Gasteiger partial charge in [-0.2, -0.15) is 0 Å². The molecule has 0 saturated carbocycles. The van der Waals surface area contributed by atoms with E-state index in [2.05, 4.69) is 0 Å². The van der Waals surface area contributed by atoms with Crippen molar-refractivity contribution in [1.29, 1.82) is 0 Å². The first-order valence-electron chi connectivity index (χ1n) is 9.49. The first-order valence-corrected chi connectivity index (χ1v) is 9.49. The molecule has 0 aliphatic carbocycles. The van der Waals surface area contributed by atoms with E-state index in [4.69, 9.17) is 5.21 Å². The molecule has 2 amide bonds. The predicted octanol–water partition coefficient (Wildman–Crippen LogP) is 4.07. The third kappa shape index (κ3) is 3.86. The average molecular weight is 402 g/mol. The highest BCUT2D eigenvalue weighted by atomic mass is 19.1. The van der Waals surface area contributed by atoms with Crippen LogP contribution in [-0.2, 0) is 11.2 Å². The summed E-state index contributed by atoms with van der Waals surface area (Å²) < 4.78 is 13.5. The van der Waals surface area contributed by atoms with Crippen LogP contribution in [0.5, 0.6) is 0 Å². The normalized spacial score (nSPS) is 13.1. The van der Waals surface area contributed by atoms with E-state index in [0.717, 1.165) is 11.1 Å². The SMILES string of the molecule is O=C(NO)c1ccc2c(c1)N(C(=O)/C(=C\c1ccccc1)c1ccc(F)cc1)CC2. The number of halogens is 1. The third-order valence-electron chi connectivity index (χ3n) is 5.09.